The molecule has 0 aliphatic heterocycles. The SMILES string of the molecule is CC(C)CC(N)C(=O)NC(CCCCN)C(=O)NC(CC(=O)O)C(=O)NC(Cc1cnc[nH]1)C(=O)O. The molecule has 4 atom stereocenters. The van der Waals surface area contributed by atoms with E-state index in [0.717, 1.165) is 0 Å². The van der Waals surface area contributed by atoms with Gasteiger partial charge in [-0.15, -0.1) is 0 Å². The van der Waals surface area contributed by atoms with Gasteiger partial charge in [-0.3, -0.25) is 19.2 Å². The van der Waals surface area contributed by atoms with E-state index >= 15 is 0 Å². The number of carboxylic acids is 2. The molecule has 0 aromatic carbocycles. The molecule has 202 valence electrons. The molecule has 0 aliphatic carbocycles. The molecular weight excluding hydrogens is 474 g/mol. The molecule has 1 aromatic rings. The average Bonchev–Trinajstić information content (AvgIpc) is 3.29. The van der Waals surface area contributed by atoms with Gasteiger partial charge in [0.2, 0.25) is 17.7 Å². The highest BCUT2D eigenvalue weighted by Crippen LogP contribution is 2.07. The van der Waals surface area contributed by atoms with Gasteiger partial charge >= 0.3 is 11.9 Å². The van der Waals surface area contributed by atoms with Crippen LogP contribution in [0.3, 0.4) is 0 Å². The first kappa shape index (κ1) is 30.5. The first-order chi connectivity index (χ1) is 16.9. The van der Waals surface area contributed by atoms with Gasteiger partial charge in [-0.05, 0) is 38.1 Å². The van der Waals surface area contributed by atoms with E-state index in [1.807, 2.05) is 13.8 Å². The zero-order valence-electron chi connectivity index (χ0n) is 20.5. The van der Waals surface area contributed by atoms with Crippen LogP contribution < -0.4 is 27.4 Å². The molecule has 14 nitrogen and oxygen atoms in total. The third-order valence-corrected chi connectivity index (χ3v) is 5.25. The maximum Gasteiger partial charge on any atom is 0.326 e. The van der Waals surface area contributed by atoms with Crippen LogP contribution in [0.4, 0.5) is 0 Å². The van der Waals surface area contributed by atoms with E-state index in [9.17, 15) is 34.2 Å². The number of rotatable bonds is 17. The molecule has 0 bridgehead atoms. The summed E-state index contributed by atoms with van der Waals surface area (Å²) in [5, 5.41) is 25.9. The Morgan fingerprint density at radius 2 is 1.58 bits per heavy atom. The van der Waals surface area contributed by atoms with Gasteiger partial charge in [-0.2, -0.15) is 0 Å². The second kappa shape index (κ2) is 15.5. The van der Waals surface area contributed by atoms with E-state index in [-0.39, 0.29) is 18.8 Å². The highest BCUT2D eigenvalue weighted by molar-refractivity contribution is 5.95. The molecule has 4 unspecified atom stereocenters. The molecule has 0 saturated heterocycles. The summed E-state index contributed by atoms with van der Waals surface area (Å²) in [7, 11) is 0. The Balaban J connectivity index is 2.98. The van der Waals surface area contributed by atoms with E-state index < -0.39 is 60.2 Å². The van der Waals surface area contributed by atoms with Gasteiger partial charge in [0, 0.05) is 18.3 Å². The summed E-state index contributed by atoms with van der Waals surface area (Å²) >= 11 is 0. The maximum atomic E-state index is 13.0. The number of aromatic amines is 1. The molecule has 0 radical (unpaired) electrons. The second-order valence-corrected chi connectivity index (χ2v) is 8.92. The molecular formula is C22H37N7O7. The Labute approximate surface area is 209 Å². The summed E-state index contributed by atoms with van der Waals surface area (Å²) in [5.74, 6) is -4.95. The Kier molecular flexibility index (Phi) is 13.1. The van der Waals surface area contributed by atoms with E-state index in [4.69, 9.17) is 11.5 Å². The van der Waals surface area contributed by atoms with E-state index in [0.29, 0.717) is 31.5 Å². The zero-order chi connectivity index (χ0) is 27.3. The maximum absolute atomic E-state index is 13.0. The predicted octanol–water partition coefficient (Wildman–Crippen LogP) is -1.53. The first-order valence-electron chi connectivity index (χ1n) is 11.7. The van der Waals surface area contributed by atoms with Gasteiger partial charge in [-0.25, -0.2) is 9.78 Å². The van der Waals surface area contributed by atoms with Crippen molar-refractivity contribution in [2.75, 3.05) is 6.54 Å². The number of amides is 3. The number of aliphatic carboxylic acids is 2. The van der Waals surface area contributed by atoms with Gasteiger partial charge in [0.15, 0.2) is 0 Å². The zero-order valence-corrected chi connectivity index (χ0v) is 20.5. The Morgan fingerprint density at radius 1 is 0.972 bits per heavy atom. The molecule has 0 spiro atoms. The fourth-order valence-electron chi connectivity index (χ4n) is 3.40. The molecule has 0 aliphatic rings. The summed E-state index contributed by atoms with van der Waals surface area (Å²) < 4.78 is 0. The van der Waals surface area contributed by atoms with E-state index in [2.05, 4.69) is 25.9 Å². The molecule has 1 rings (SSSR count). The molecule has 0 fully saturated rings. The summed E-state index contributed by atoms with van der Waals surface area (Å²) in [6.45, 7) is 4.15. The van der Waals surface area contributed by atoms with Crippen LogP contribution in [-0.4, -0.2) is 80.6 Å². The van der Waals surface area contributed by atoms with Crippen LogP contribution in [0.25, 0.3) is 0 Å². The summed E-state index contributed by atoms with van der Waals surface area (Å²) in [5.41, 5.74) is 11.8. The van der Waals surface area contributed by atoms with Crippen molar-refractivity contribution in [1.82, 2.24) is 25.9 Å². The van der Waals surface area contributed by atoms with Crippen molar-refractivity contribution in [3.05, 3.63) is 18.2 Å². The van der Waals surface area contributed by atoms with Crippen molar-refractivity contribution in [3.8, 4) is 0 Å². The second-order valence-electron chi connectivity index (χ2n) is 8.92. The van der Waals surface area contributed by atoms with Gasteiger partial charge in [0.1, 0.15) is 18.1 Å². The molecule has 36 heavy (non-hydrogen) atoms. The van der Waals surface area contributed by atoms with Crippen LogP contribution in [0.5, 0.6) is 0 Å². The van der Waals surface area contributed by atoms with Crippen LogP contribution in [0.2, 0.25) is 0 Å². The first-order valence-corrected chi connectivity index (χ1v) is 11.7. The number of aromatic nitrogens is 2. The number of unbranched alkanes of at least 4 members (excludes halogenated alkanes) is 1. The number of nitrogens with zero attached hydrogens (tertiary/aromatic N) is 1. The standard InChI is InChI=1S/C22H37N7O7/c1-12(2)7-14(24)19(32)27-15(5-3-4-6-23)20(33)28-16(9-18(30)31)21(34)29-17(22(35)36)8-13-10-25-11-26-13/h10-12,14-17H,3-9,23-24H2,1-2H3,(H,25,26)(H,27,32)(H,28,33)(H,29,34)(H,30,31)(H,35,36). The molecule has 1 heterocycles. The molecule has 14 heteroatoms. The lowest BCUT2D eigenvalue weighted by Crippen LogP contribution is -2.57. The Morgan fingerprint density at radius 3 is 2.11 bits per heavy atom. The number of hydrogen-bond acceptors (Lipinski definition) is 8. The largest absolute Gasteiger partial charge is 0.481 e. The quantitative estimate of drug-likeness (QED) is 0.112. The van der Waals surface area contributed by atoms with Crippen LogP contribution in [0, 0.1) is 5.92 Å². The van der Waals surface area contributed by atoms with Crippen LogP contribution in [-0.2, 0) is 30.4 Å². The lowest BCUT2D eigenvalue weighted by atomic mass is 10.0. The minimum absolute atomic E-state index is 0.139. The van der Waals surface area contributed by atoms with Crippen LogP contribution in [0.1, 0.15) is 51.6 Å². The van der Waals surface area contributed by atoms with E-state index in [1.165, 1.54) is 12.5 Å². The van der Waals surface area contributed by atoms with E-state index in [1.54, 1.807) is 0 Å². The van der Waals surface area contributed by atoms with Gasteiger partial charge < -0.3 is 42.6 Å². The van der Waals surface area contributed by atoms with Crippen LogP contribution in [0.15, 0.2) is 12.5 Å². The number of hydrogen-bond donors (Lipinski definition) is 8. The highest BCUT2D eigenvalue weighted by atomic mass is 16.4. The number of nitrogens with two attached hydrogens (primary N) is 2. The minimum atomic E-state index is -1.59. The number of carboxylic acid groups (broad SMARTS) is 2. The summed E-state index contributed by atoms with van der Waals surface area (Å²) in [6.07, 6.45) is 3.42. The Hall–Kier alpha value is -3.52. The molecule has 1 aromatic heterocycles. The molecule has 3 amide bonds. The summed E-state index contributed by atoms with van der Waals surface area (Å²) in [4.78, 5) is 67.8. The van der Waals surface area contributed by atoms with Crippen molar-refractivity contribution in [2.24, 2.45) is 17.4 Å². The van der Waals surface area contributed by atoms with Crippen LogP contribution >= 0.6 is 0 Å². The topological polar surface area (TPSA) is 243 Å². The molecule has 10 N–H and O–H groups in total. The fraction of sp³-hybridized carbons (Fsp3) is 0.636. The normalized spacial score (nSPS) is 14.4. The summed E-state index contributed by atoms with van der Waals surface area (Å²) in [6, 6.07) is -4.93. The number of imidazole rings is 1. The van der Waals surface area contributed by atoms with Gasteiger partial charge in [0.05, 0.1) is 18.8 Å². The molecule has 0 saturated carbocycles. The number of carbonyl (C=O) groups is 5. The third kappa shape index (κ3) is 11.3. The lowest BCUT2D eigenvalue weighted by Gasteiger charge is -2.25. The minimum Gasteiger partial charge on any atom is -0.481 e. The van der Waals surface area contributed by atoms with Crippen molar-refractivity contribution in [3.63, 3.8) is 0 Å². The van der Waals surface area contributed by atoms with Gasteiger partial charge in [0.25, 0.3) is 0 Å². The fourth-order valence-corrected chi connectivity index (χ4v) is 3.40. The lowest BCUT2D eigenvalue weighted by molar-refractivity contribution is -0.143. The van der Waals surface area contributed by atoms with Crippen molar-refractivity contribution >= 4 is 29.7 Å². The number of H-pyrrole nitrogens is 1. The number of nitrogens with one attached hydrogen (secondary N) is 4. The smallest absolute Gasteiger partial charge is 0.326 e. The van der Waals surface area contributed by atoms with Gasteiger partial charge in [-0.1, -0.05) is 13.8 Å². The Bertz CT molecular complexity index is 876. The average molecular weight is 512 g/mol. The number of carbonyl (C=O) groups excluding carboxylic acids is 3. The monoisotopic (exact) mass is 511 g/mol. The highest BCUT2D eigenvalue weighted by Gasteiger charge is 2.31. The van der Waals surface area contributed by atoms with Crippen molar-refractivity contribution in [2.45, 2.75) is 76.5 Å². The third-order valence-electron chi connectivity index (χ3n) is 5.25. The van der Waals surface area contributed by atoms with Crippen molar-refractivity contribution in [1.29, 1.82) is 0 Å². The van der Waals surface area contributed by atoms with Crippen molar-refractivity contribution < 1.29 is 34.2 Å². The predicted molar refractivity (Wildman–Crippen MR) is 128 cm³/mol.